The highest BCUT2D eigenvalue weighted by Gasteiger charge is 2.36. The maximum Gasteiger partial charge on any atom is -0.00414 e. The van der Waals surface area contributed by atoms with E-state index >= 15 is 0 Å². The Morgan fingerprint density at radius 3 is 2.15 bits per heavy atom. The number of hydrogen-bond acceptors (Lipinski definition) is 0. The fraction of sp³-hybridized carbons (Fsp3) is 0.700. The standard InChI is InChI=1S/C20H32/c1-5-7-13-20(14-8-6-2)15-9-10-18-16(3)11-12-17(4)19(18)20/h11-12H,5-10,13-15H2,1-4H3. The normalized spacial score (nSPS) is 17.0. The first kappa shape index (κ1) is 15.6. The second-order valence-electron chi connectivity index (χ2n) is 6.89. The van der Waals surface area contributed by atoms with Crippen LogP contribution in [0.1, 0.15) is 87.5 Å². The van der Waals surface area contributed by atoms with Gasteiger partial charge in [0.25, 0.3) is 0 Å². The van der Waals surface area contributed by atoms with Crippen LogP contribution >= 0.6 is 0 Å². The van der Waals surface area contributed by atoms with E-state index in [1.54, 1.807) is 16.7 Å². The monoisotopic (exact) mass is 272 g/mol. The zero-order valence-electron chi connectivity index (χ0n) is 14.0. The van der Waals surface area contributed by atoms with Crippen LogP contribution in [0.3, 0.4) is 0 Å². The molecule has 0 spiro atoms. The number of aryl methyl sites for hydroxylation is 2. The Kier molecular flexibility index (Phi) is 5.29. The predicted octanol–water partition coefficient (Wildman–Crippen LogP) is 6.26. The van der Waals surface area contributed by atoms with Crippen LogP contribution in [0.2, 0.25) is 0 Å². The molecule has 0 atom stereocenters. The van der Waals surface area contributed by atoms with Gasteiger partial charge in [0.15, 0.2) is 0 Å². The maximum absolute atomic E-state index is 2.37. The Bertz CT molecular complexity index is 434. The van der Waals surface area contributed by atoms with Crippen LogP contribution in [0, 0.1) is 13.8 Å². The molecule has 0 nitrogen and oxygen atoms in total. The molecule has 0 aromatic heterocycles. The van der Waals surface area contributed by atoms with Crippen molar-refractivity contribution >= 4 is 0 Å². The summed E-state index contributed by atoms with van der Waals surface area (Å²) in [5.41, 5.74) is 7.03. The maximum atomic E-state index is 2.37. The first-order valence-electron chi connectivity index (χ1n) is 8.74. The summed E-state index contributed by atoms with van der Waals surface area (Å²) in [6.07, 6.45) is 12.4. The van der Waals surface area contributed by atoms with Gasteiger partial charge in [-0.15, -0.1) is 0 Å². The van der Waals surface area contributed by atoms with Crippen molar-refractivity contribution in [2.45, 2.75) is 90.9 Å². The Morgan fingerprint density at radius 1 is 0.950 bits per heavy atom. The van der Waals surface area contributed by atoms with Crippen LogP contribution in [0.25, 0.3) is 0 Å². The first-order valence-corrected chi connectivity index (χ1v) is 8.74. The minimum absolute atomic E-state index is 0.496. The van der Waals surface area contributed by atoms with E-state index in [0.717, 1.165) is 0 Å². The third-order valence-corrected chi connectivity index (χ3v) is 5.39. The summed E-state index contributed by atoms with van der Waals surface area (Å²) < 4.78 is 0. The van der Waals surface area contributed by atoms with Gasteiger partial charge in [0.05, 0.1) is 0 Å². The number of unbranched alkanes of at least 4 members (excludes halogenated alkanes) is 2. The molecule has 0 unspecified atom stereocenters. The van der Waals surface area contributed by atoms with Crippen LogP contribution < -0.4 is 0 Å². The molecule has 1 aliphatic rings. The van der Waals surface area contributed by atoms with Crippen molar-refractivity contribution in [3.05, 3.63) is 34.4 Å². The van der Waals surface area contributed by atoms with Crippen LogP contribution in [0.5, 0.6) is 0 Å². The molecule has 2 rings (SSSR count). The Balaban J connectivity index is 2.46. The third kappa shape index (κ3) is 2.95. The van der Waals surface area contributed by atoms with Crippen LogP contribution in [-0.4, -0.2) is 0 Å². The summed E-state index contributed by atoms with van der Waals surface area (Å²) in [7, 11) is 0. The zero-order chi connectivity index (χ0) is 14.6. The minimum atomic E-state index is 0.496. The molecule has 1 aliphatic carbocycles. The predicted molar refractivity (Wildman–Crippen MR) is 89.6 cm³/mol. The van der Waals surface area contributed by atoms with Gasteiger partial charge in [0.1, 0.15) is 0 Å². The fourth-order valence-electron chi connectivity index (χ4n) is 4.31. The average molecular weight is 272 g/mol. The van der Waals surface area contributed by atoms with Crippen molar-refractivity contribution in [3.8, 4) is 0 Å². The highest BCUT2D eigenvalue weighted by Crippen LogP contribution is 2.47. The summed E-state index contributed by atoms with van der Waals surface area (Å²) in [4.78, 5) is 0. The molecule has 0 saturated carbocycles. The molecule has 0 aliphatic heterocycles. The molecule has 0 N–H and O–H groups in total. The van der Waals surface area contributed by atoms with Crippen LogP contribution in [0.15, 0.2) is 12.1 Å². The van der Waals surface area contributed by atoms with Crippen molar-refractivity contribution in [1.29, 1.82) is 0 Å². The van der Waals surface area contributed by atoms with Crippen molar-refractivity contribution in [1.82, 2.24) is 0 Å². The molecule has 0 radical (unpaired) electrons. The Morgan fingerprint density at radius 2 is 1.55 bits per heavy atom. The quantitative estimate of drug-likeness (QED) is 0.573. The van der Waals surface area contributed by atoms with E-state index in [-0.39, 0.29) is 0 Å². The summed E-state index contributed by atoms with van der Waals surface area (Å²) in [6.45, 7) is 9.32. The summed E-state index contributed by atoms with van der Waals surface area (Å²) in [6, 6.07) is 4.70. The number of rotatable bonds is 6. The number of fused-ring (bicyclic) bond motifs is 1. The molecule has 1 aromatic rings. The van der Waals surface area contributed by atoms with Gasteiger partial charge < -0.3 is 0 Å². The van der Waals surface area contributed by atoms with Gasteiger partial charge in [-0.25, -0.2) is 0 Å². The van der Waals surface area contributed by atoms with E-state index in [2.05, 4.69) is 39.8 Å². The van der Waals surface area contributed by atoms with E-state index in [9.17, 15) is 0 Å². The molecule has 0 bridgehead atoms. The van der Waals surface area contributed by atoms with Crippen LogP contribution in [0.4, 0.5) is 0 Å². The lowest BCUT2D eigenvalue weighted by molar-refractivity contribution is 0.292. The van der Waals surface area contributed by atoms with Gasteiger partial charge in [-0.3, -0.25) is 0 Å². The lowest BCUT2D eigenvalue weighted by Crippen LogP contribution is -2.32. The van der Waals surface area contributed by atoms with E-state index in [1.165, 1.54) is 63.4 Å². The van der Waals surface area contributed by atoms with Gasteiger partial charge in [0.2, 0.25) is 0 Å². The summed E-state index contributed by atoms with van der Waals surface area (Å²) in [5.74, 6) is 0. The van der Waals surface area contributed by atoms with Gasteiger partial charge in [-0.1, -0.05) is 51.7 Å². The molecule has 0 heterocycles. The molecule has 0 fully saturated rings. The second kappa shape index (κ2) is 6.78. The summed E-state index contributed by atoms with van der Waals surface area (Å²) in [5, 5.41) is 0. The molecule has 112 valence electrons. The molecular weight excluding hydrogens is 240 g/mol. The highest BCUT2D eigenvalue weighted by atomic mass is 14.4. The number of hydrogen-bond donors (Lipinski definition) is 0. The largest absolute Gasteiger partial charge is 0.0654 e. The Labute approximate surface area is 126 Å². The van der Waals surface area contributed by atoms with Gasteiger partial charge in [0, 0.05) is 0 Å². The van der Waals surface area contributed by atoms with E-state index in [4.69, 9.17) is 0 Å². The minimum Gasteiger partial charge on any atom is -0.0654 e. The SMILES string of the molecule is CCCCC1(CCCC)CCCc2c(C)ccc(C)c21. The van der Waals surface area contributed by atoms with E-state index in [1.807, 2.05) is 0 Å². The molecule has 0 saturated heterocycles. The molecule has 0 amide bonds. The van der Waals surface area contributed by atoms with Crippen molar-refractivity contribution in [2.24, 2.45) is 0 Å². The molecule has 1 aromatic carbocycles. The van der Waals surface area contributed by atoms with E-state index < -0.39 is 0 Å². The average Bonchev–Trinajstić information content (AvgIpc) is 2.47. The second-order valence-corrected chi connectivity index (χ2v) is 6.89. The molecule has 20 heavy (non-hydrogen) atoms. The summed E-state index contributed by atoms with van der Waals surface area (Å²) >= 11 is 0. The fourth-order valence-corrected chi connectivity index (χ4v) is 4.31. The first-order chi connectivity index (χ1) is 9.64. The van der Waals surface area contributed by atoms with Crippen molar-refractivity contribution in [3.63, 3.8) is 0 Å². The van der Waals surface area contributed by atoms with Gasteiger partial charge in [-0.2, -0.15) is 0 Å². The zero-order valence-corrected chi connectivity index (χ0v) is 14.0. The molecule has 0 heteroatoms. The van der Waals surface area contributed by atoms with E-state index in [0.29, 0.717) is 5.41 Å². The topological polar surface area (TPSA) is 0 Å². The van der Waals surface area contributed by atoms with Gasteiger partial charge >= 0.3 is 0 Å². The lowest BCUT2D eigenvalue weighted by atomic mass is 9.63. The van der Waals surface area contributed by atoms with Crippen LogP contribution in [-0.2, 0) is 11.8 Å². The Hall–Kier alpha value is -0.780. The smallest absolute Gasteiger partial charge is 0.00414 e. The number of benzene rings is 1. The van der Waals surface area contributed by atoms with Crippen molar-refractivity contribution in [2.75, 3.05) is 0 Å². The third-order valence-electron chi connectivity index (χ3n) is 5.39. The lowest BCUT2D eigenvalue weighted by Gasteiger charge is -2.42. The highest BCUT2D eigenvalue weighted by molar-refractivity contribution is 5.46. The van der Waals surface area contributed by atoms with Gasteiger partial charge in [-0.05, 0) is 73.6 Å². The van der Waals surface area contributed by atoms with Crippen molar-refractivity contribution < 1.29 is 0 Å². The molecular formula is C20H32.